The van der Waals surface area contributed by atoms with Crippen LogP contribution in [0.2, 0.25) is 0 Å². The Morgan fingerprint density at radius 3 is 2.83 bits per heavy atom. The minimum Gasteiger partial charge on any atom is -0.493 e. The van der Waals surface area contributed by atoms with Gasteiger partial charge in [-0.1, -0.05) is 6.07 Å². The number of rotatable bonds is 7. The van der Waals surface area contributed by atoms with Crippen LogP contribution in [0.4, 0.5) is 0 Å². The van der Waals surface area contributed by atoms with Gasteiger partial charge in [-0.3, -0.25) is 4.90 Å². The van der Waals surface area contributed by atoms with Crippen LogP contribution in [0.5, 0.6) is 11.5 Å². The van der Waals surface area contributed by atoms with Gasteiger partial charge in [0.05, 0.1) is 13.7 Å². The lowest BCUT2D eigenvalue weighted by atomic mass is 10.0. The Kier molecular flexibility index (Phi) is 5.76. The second-order valence-electron chi connectivity index (χ2n) is 6.02. The van der Waals surface area contributed by atoms with Crippen LogP contribution in [-0.2, 0) is 17.7 Å². The summed E-state index contributed by atoms with van der Waals surface area (Å²) < 4.78 is 16.3. The Morgan fingerprint density at radius 2 is 2.04 bits per heavy atom. The van der Waals surface area contributed by atoms with Crippen molar-refractivity contribution >= 4 is 11.3 Å². The van der Waals surface area contributed by atoms with Gasteiger partial charge in [0.1, 0.15) is 6.61 Å². The molecule has 130 valence electrons. The Bertz CT molecular complexity index is 670. The molecule has 1 aliphatic heterocycles. The van der Waals surface area contributed by atoms with Crippen LogP contribution in [0.25, 0.3) is 0 Å². The van der Waals surface area contributed by atoms with Gasteiger partial charge in [0, 0.05) is 31.1 Å². The van der Waals surface area contributed by atoms with E-state index in [1.165, 1.54) is 16.0 Å². The zero-order chi connectivity index (χ0) is 16.9. The van der Waals surface area contributed by atoms with Crippen LogP contribution in [-0.4, -0.2) is 38.9 Å². The number of fused-ring (bicyclic) bond motifs is 1. The first-order valence-corrected chi connectivity index (χ1v) is 9.20. The average molecular weight is 347 g/mol. The van der Waals surface area contributed by atoms with Gasteiger partial charge in [0.2, 0.25) is 0 Å². The summed E-state index contributed by atoms with van der Waals surface area (Å²) in [5.74, 6) is 1.55. The Balaban J connectivity index is 1.72. The molecule has 5 heteroatoms. The van der Waals surface area contributed by atoms with Crippen molar-refractivity contribution in [1.82, 2.24) is 4.90 Å². The normalized spacial score (nSPS) is 17.5. The minimum absolute atomic E-state index is 0.458. The van der Waals surface area contributed by atoms with Gasteiger partial charge >= 0.3 is 0 Å². The van der Waals surface area contributed by atoms with E-state index in [0.717, 1.165) is 31.0 Å². The lowest BCUT2D eigenvalue weighted by Gasteiger charge is -2.33. The number of hydrogen-bond donors (Lipinski definition) is 0. The molecule has 0 bridgehead atoms. The smallest absolute Gasteiger partial charge is 0.161 e. The molecule has 2 aromatic rings. The van der Waals surface area contributed by atoms with E-state index in [2.05, 4.69) is 35.4 Å². The van der Waals surface area contributed by atoms with Crippen LogP contribution < -0.4 is 9.47 Å². The standard InChI is InChI=1S/C19H25NO3S/c1-14-16-7-11-24-19(16)6-8-20(14)13-15-4-5-17(22-3)18(12-15)23-10-9-21-2/h4-5,7,11-12,14H,6,8-10,13H2,1-3H3. The van der Waals surface area contributed by atoms with Crippen LogP contribution >= 0.6 is 11.3 Å². The highest BCUT2D eigenvalue weighted by atomic mass is 32.1. The zero-order valence-corrected chi connectivity index (χ0v) is 15.4. The van der Waals surface area contributed by atoms with E-state index in [4.69, 9.17) is 14.2 Å². The average Bonchev–Trinajstić information content (AvgIpc) is 3.07. The molecule has 24 heavy (non-hydrogen) atoms. The van der Waals surface area contributed by atoms with Crippen molar-refractivity contribution in [3.63, 3.8) is 0 Å². The molecule has 0 amide bonds. The summed E-state index contributed by atoms with van der Waals surface area (Å²) >= 11 is 1.88. The van der Waals surface area contributed by atoms with Gasteiger partial charge in [-0.15, -0.1) is 11.3 Å². The summed E-state index contributed by atoms with van der Waals surface area (Å²) in [6.45, 7) is 5.40. The SMILES string of the molecule is COCCOc1cc(CN2CCc3sccc3C2C)ccc1OC. The third kappa shape index (κ3) is 3.74. The zero-order valence-electron chi connectivity index (χ0n) is 14.6. The topological polar surface area (TPSA) is 30.9 Å². The van der Waals surface area contributed by atoms with Gasteiger partial charge in [0.25, 0.3) is 0 Å². The summed E-state index contributed by atoms with van der Waals surface area (Å²) in [5, 5.41) is 2.21. The molecule has 2 heterocycles. The third-order valence-corrected chi connectivity index (χ3v) is 5.56. The molecule has 1 atom stereocenters. The highest BCUT2D eigenvalue weighted by Gasteiger charge is 2.24. The summed E-state index contributed by atoms with van der Waals surface area (Å²) in [7, 11) is 3.34. The highest BCUT2D eigenvalue weighted by Crippen LogP contribution is 2.35. The molecule has 1 aliphatic rings. The van der Waals surface area contributed by atoms with Gasteiger partial charge in [-0.25, -0.2) is 0 Å². The molecular formula is C19H25NO3S. The van der Waals surface area contributed by atoms with Crippen molar-refractivity contribution in [3.05, 3.63) is 45.6 Å². The fraction of sp³-hybridized carbons (Fsp3) is 0.474. The quantitative estimate of drug-likeness (QED) is 0.711. The second kappa shape index (κ2) is 8.01. The van der Waals surface area contributed by atoms with Crippen molar-refractivity contribution < 1.29 is 14.2 Å². The molecule has 3 rings (SSSR count). The predicted molar refractivity (Wildman–Crippen MR) is 97.2 cm³/mol. The first-order valence-electron chi connectivity index (χ1n) is 8.32. The van der Waals surface area contributed by atoms with Crippen molar-refractivity contribution in [2.24, 2.45) is 0 Å². The fourth-order valence-electron chi connectivity index (χ4n) is 3.18. The summed E-state index contributed by atoms with van der Waals surface area (Å²) in [6.07, 6.45) is 1.14. The maximum Gasteiger partial charge on any atom is 0.161 e. The lowest BCUT2D eigenvalue weighted by molar-refractivity contribution is 0.144. The molecule has 0 saturated carbocycles. The van der Waals surface area contributed by atoms with Crippen molar-refractivity contribution in [2.75, 3.05) is 34.0 Å². The Morgan fingerprint density at radius 1 is 1.17 bits per heavy atom. The van der Waals surface area contributed by atoms with E-state index < -0.39 is 0 Å². The maximum absolute atomic E-state index is 5.80. The lowest BCUT2D eigenvalue weighted by Crippen LogP contribution is -2.32. The van der Waals surface area contributed by atoms with E-state index in [1.807, 2.05) is 17.4 Å². The largest absolute Gasteiger partial charge is 0.493 e. The fourth-order valence-corrected chi connectivity index (χ4v) is 4.14. The number of ether oxygens (including phenoxy) is 3. The minimum atomic E-state index is 0.458. The van der Waals surface area contributed by atoms with E-state index in [0.29, 0.717) is 19.3 Å². The first kappa shape index (κ1) is 17.3. The number of methoxy groups -OCH3 is 2. The van der Waals surface area contributed by atoms with Gasteiger partial charge < -0.3 is 14.2 Å². The summed E-state index contributed by atoms with van der Waals surface area (Å²) in [6, 6.07) is 8.93. The van der Waals surface area contributed by atoms with Crippen molar-refractivity contribution in [1.29, 1.82) is 0 Å². The molecular weight excluding hydrogens is 322 g/mol. The van der Waals surface area contributed by atoms with E-state index in [9.17, 15) is 0 Å². The number of nitrogens with zero attached hydrogens (tertiary/aromatic N) is 1. The summed E-state index contributed by atoms with van der Waals surface area (Å²) in [5.41, 5.74) is 2.73. The molecule has 1 unspecified atom stereocenters. The van der Waals surface area contributed by atoms with Crippen LogP contribution in [0.3, 0.4) is 0 Å². The molecule has 4 nitrogen and oxygen atoms in total. The Labute approximate surface area is 148 Å². The third-order valence-electron chi connectivity index (χ3n) is 4.56. The number of hydrogen-bond acceptors (Lipinski definition) is 5. The molecule has 0 saturated heterocycles. The second-order valence-corrected chi connectivity index (χ2v) is 7.02. The van der Waals surface area contributed by atoms with Gasteiger partial charge in [0.15, 0.2) is 11.5 Å². The molecule has 0 spiro atoms. The first-order chi connectivity index (χ1) is 11.7. The van der Waals surface area contributed by atoms with Gasteiger partial charge in [-0.2, -0.15) is 0 Å². The highest BCUT2D eigenvalue weighted by molar-refractivity contribution is 7.10. The predicted octanol–water partition coefficient (Wildman–Crippen LogP) is 3.90. The van der Waals surface area contributed by atoms with Crippen LogP contribution in [0.15, 0.2) is 29.6 Å². The molecule has 0 N–H and O–H groups in total. The number of benzene rings is 1. The molecule has 1 aromatic carbocycles. The monoisotopic (exact) mass is 347 g/mol. The van der Waals surface area contributed by atoms with Gasteiger partial charge in [-0.05, 0) is 48.1 Å². The van der Waals surface area contributed by atoms with E-state index >= 15 is 0 Å². The summed E-state index contributed by atoms with van der Waals surface area (Å²) in [4.78, 5) is 4.06. The van der Waals surface area contributed by atoms with E-state index in [1.54, 1.807) is 14.2 Å². The molecule has 0 fully saturated rings. The molecule has 1 aromatic heterocycles. The van der Waals surface area contributed by atoms with E-state index in [-0.39, 0.29) is 0 Å². The Hall–Kier alpha value is -1.56. The molecule has 0 radical (unpaired) electrons. The number of thiophene rings is 1. The van der Waals surface area contributed by atoms with Crippen LogP contribution in [0, 0.1) is 0 Å². The maximum atomic E-state index is 5.80. The van der Waals surface area contributed by atoms with Crippen LogP contribution in [0.1, 0.15) is 29.0 Å². The molecule has 0 aliphatic carbocycles. The van der Waals surface area contributed by atoms with Crippen molar-refractivity contribution in [2.45, 2.75) is 25.9 Å². The van der Waals surface area contributed by atoms with Crippen molar-refractivity contribution in [3.8, 4) is 11.5 Å².